The molecule has 0 aliphatic carbocycles. The van der Waals surface area contributed by atoms with Crippen LogP contribution in [0.25, 0.3) is 0 Å². The molecule has 0 aliphatic heterocycles. The highest BCUT2D eigenvalue weighted by Gasteiger charge is 2.34. The fraction of sp³-hybridized carbons (Fsp3) is 0.278. The molecule has 0 bridgehead atoms. The normalized spacial score (nSPS) is 11.8. The molecule has 0 heterocycles. The zero-order chi connectivity index (χ0) is 33.1. The highest BCUT2D eigenvalue weighted by molar-refractivity contribution is 7.92. The van der Waals surface area contributed by atoms with Gasteiger partial charge < -0.3 is 15.0 Å². The van der Waals surface area contributed by atoms with Gasteiger partial charge in [0.1, 0.15) is 18.3 Å². The minimum absolute atomic E-state index is 0.0250. The van der Waals surface area contributed by atoms with Crippen molar-refractivity contribution in [1.29, 1.82) is 0 Å². The number of anilines is 1. The molecule has 0 radical (unpaired) electrons. The second kappa shape index (κ2) is 16.3. The lowest BCUT2D eigenvalue weighted by Crippen LogP contribution is -2.53. The Bertz CT molecular complexity index is 1720. The Morgan fingerprint density at radius 2 is 1.57 bits per heavy atom. The summed E-state index contributed by atoms with van der Waals surface area (Å²) in [5.74, 6) is -0.269. The average Bonchev–Trinajstić information content (AvgIpc) is 3.07. The number of nitrogens with one attached hydrogen (secondary N) is 1. The van der Waals surface area contributed by atoms with Crippen molar-refractivity contribution >= 4 is 39.1 Å². The van der Waals surface area contributed by atoms with Crippen LogP contribution in [0.1, 0.15) is 36.5 Å². The van der Waals surface area contributed by atoms with Crippen LogP contribution >= 0.6 is 11.6 Å². The van der Waals surface area contributed by atoms with E-state index in [1.165, 1.54) is 23.1 Å². The van der Waals surface area contributed by atoms with Crippen molar-refractivity contribution in [1.82, 2.24) is 10.2 Å². The van der Waals surface area contributed by atoms with Crippen LogP contribution in [0, 0.1) is 6.92 Å². The first-order chi connectivity index (χ1) is 22.1. The zero-order valence-electron chi connectivity index (χ0n) is 26.4. The van der Waals surface area contributed by atoms with Crippen LogP contribution in [0.5, 0.6) is 5.75 Å². The molecule has 46 heavy (non-hydrogen) atoms. The number of amides is 2. The van der Waals surface area contributed by atoms with Gasteiger partial charge in [0.15, 0.2) is 0 Å². The van der Waals surface area contributed by atoms with Crippen molar-refractivity contribution in [2.45, 2.75) is 50.6 Å². The van der Waals surface area contributed by atoms with Gasteiger partial charge in [-0.3, -0.25) is 13.9 Å². The van der Waals surface area contributed by atoms with Crippen LogP contribution in [0.2, 0.25) is 5.02 Å². The van der Waals surface area contributed by atoms with E-state index in [-0.39, 0.29) is 29.5 Å². The van der Waals surface area contributed by atoms with Gasteiger partial charge >= 0.3 is 0 Å². The fourth-order valence-corrected chi connectivity index (χ4v) is 6.61. The number of halogens is 1. The standard InChI is InChI=1S/C36H40ClN3O5S/c1-4-5-21-38-36(42)34(23-28-13-8-6-9-14-28)39(25-29-15-12-16-31(22-29)45-3)35(41)26-40(30-20-19-27(2)33(37)24-30)46(43,44)32-17-10-7-11-18-32/h6-20,22,24,34H,4-5,21,23,25-26H2,1-3H3,(H,38,42)/t34-/m0/s1. The molecule has 0 saturated carbocycles. The molecule has 242 valence electrons. The summed E-state index contributed by atoms with van der Waals surface area (Å²) < 4.78 is 34.7. The minimum atomic E-state index is -4.21. The lowest BCUT2D eigenvalue weighted by Gasteiger charge is -2.34. The van der Waals surface area contributed by atoms with Gasteiger partial charge in [0.25, 0.3) is 10.0 Å². The third-order valence-corrected chi connectivity index (χ3v) is 9.84. The first-order valence-corrected chi connectivity index (χ1v) is 17.0. The van der Waals surface area contributed by atoms with Crippen molar-refractivity contribution in [2.24, 2.45) is 0 Å². The van der Waals surface area contributed by atoms with Crippen LogP contribution in [-0.4, -0.2) is 51.4 Å². The molecule has 1 atom stereocenters. The van der Waals surface area contributed by atoms with Gasteiger partial charge in [-0.25, -0.2) is 8.42 Å². The predicted octanol–water partition coefficient (Wildman–Crippen LogP) is 6.41. The van der Waals surface area contributed by atoms with Gasteiger partial charge in [-0.15, -0.1) is 0 Å². The van der Waals surface area contributed by atoms with E-state index in [0.29, 0.717) is 17.3 Å². The van der Waals surface area contributed by atoms with Gasteiger partial charge in [0, 0.05) is 24.5 Å². The Hall–Kier alpha value is -4.34. The van der Waals surface area contributed by atoms with E-state index in [1.807, 2.05) is 56.3 Å². The maximum Gasteiger partial charge on any atom is 0.264 e. The lowest BCUT2D eigenvalue weighted by atomic mass is 10.0. The number of rotatable bonds is 15. The smallest absolute Gasteiger partial charge is 0.264 e. The Kier molecular flexibility index (Phi) is 12.2. The number of unbranched alkanes of at least 4 members (excludes halogenated alkanes) is 1. The second-order valence-electron chi connectivity index (χ2n) is 11.0. The van der Waals surface area contributed by atoms with Crippen LogP contribution < -0.4 is 14.4 Å². The molecule has 1 N–H and O–H groups in total. The number of nitrogens with zero attached hydrogens (tertiary/aromatic N) is 2. The number of carbonyl (C=O) groups excluding carboxylic acids is 2. The number of aryl methyl sites for hydroxylation is 1. The van der Waals surface area contributed by atoms with Crippen molar-refractivity contribution < 1.29 is 22.7 Å². The SMILES string of the molecule is CCCCNC(=O)[C@H](Cc1ccccc1)N(Cc1cccc(OC)c1)C(=O)CN(c1ccc(C)c(Cl)c1)S(=O)(=O)c1ccccc1. The molecule has 4 aromatic carbocycles. The summed E-state index contributed by atoms with van der Waals surface area (Å²) >= 11 is 6.45. The zero-order valence-corrected chi connectivity index (χ0v) is 27.9. The molecule has 2 amide bonds. The Labute approximate surface area is 277 Å². The van der Waals surface area contributed by atoms with Crippen LogP contribution in [-0.2, 0) is 32.6 Å². The monoisotopic (exact) mass is 661 g/mol. The number of carbonyl (C=O) groups is 2. The minimum Gasteiger partial charge on any atom is -0.497 e. The number of hydrogen-bond donors (Lipinski definition) is 1. The first-order valence-electron chi connectivity index (χ1n) is 15.2. The third-order valence-electron chi connectivity index (χ3n) is 7.64. The molecular formula is C36H40ClN3O5S. The summed E-state index contributed by atoms with van der Waals surface area (Å²) in [5.41, 5.74) is 2.59. The molecule has 4 aromatic rings. The largest absolute Gasteiger partial charge is 0.497 e. The number of hydrogen-bond acceptors (Lipinski definition) is 5. The highest BCUT2D eigenvalue weighted by Crippen LogP contribution is 2.29. The van der Waals surface area contributed by atoms with Gasteiger partial charge in [0.2, 0.25) is 11.8 Å². The lowest BCUT2D eigenvalue weighted by molar-refractivity contribution is -0.140. The van der Waals surface area contributed by atoms with Gasteiger partial charge in [0.05, 0.1) is 17.7 Å². The number of benzene rings is 4. The highest BCUT2D eigenvalue weighted by atomic mass is 35.5. The summed E-state index contributed by atoms with van der Waals surface area (Å²) in [6, 6.07) is 28.6. The maximum absolute atomic E-state index is 14.6. The third kappa shape index (κ3) is 8.89. The van der Waals surface area contributed by atoms with E-state index in [2.05, 4.69) is 5.32 Å². The van der Waals surface area contributed by atoms with E-state index in [4.69, 9.17) is 16.3 Å². The molecule has 0 aromatic heterocycles. The van der Waals surface area contributed by atoms with Crippen molar-refractivity contribution in [3.05, 3.63) is 125 Å². The molecule has 8 nitrogen and oxygen atoms in total. The van der Waals surface area contributed by atoms with Crippen molar-refractivity contribution in [3.8, 4) is 5.75 Å². The second-order valence-corrected chi connectivity index (χ2v) is 13.3. The Morgan fingerprint density at radius 1 is 0.891 bits per heavy atom. The van der Waals surface area contributed by atoms with E-state index < -0.39 is 28.5 Å². The van der Waals surface area contributed by atoms with Gasteiger partial charge in [-0.05, 0) is 66.4 Å². The summed E-state index contributed by atoms with van der Waals surface area (Å²) in [7, 11) is -2.66. The number of methoxy groups -OCH3 is 1. The summed E-state index contributed by atoms with van der Waals surface area (Å²) in [4.78, 5) is 29.9. The van der Waals surface area contributed by atoms with Crippen LogP contribution in [0.15, 0.2) is 108 Å². The fourth-order valence-electron chi connectivity index (χ4n) is 5.01. The molecule has 0 aliphatic rings. The maximum atomic E-state index is 14.6. The topological polar surface area (TPSA) is 96.0 Å². The summed E-state index contributed by atoms with van der Waals surface area (Å²) in [5, 5.41) is 3.36. The van der Waals surface area contributed by atoms with Gasteiger partial charge in [-0.1, -0.05) is 91.7 Å². The first kappa shape index (κ1) is 34.5. The Balaban J connectivity index is 1.81. The Morgan fingerprint density at radius 3 is 2.22 bits per heavy atom. The summed E-state index contributed by atoms with van der Waals surface area (Å²) in [6.07, 6.45) is 1.91. The molecule has 10 heteroatoms. The average molecular weight is 662 g/mol. The van der Waals surface area contributed by atoms with Gasteiger partial charge in [-0.2, -0.15) is 0 Å². The van der Waals surface area contributed by atoms with E-state index in [1.54, 1.807) is 49.6 Å². The molecule has 0 spiro atoms. The van der Waals surface area contributed by atoms with Crippen molar-refractivity contribution in [2.75, 3.05) is 24.5 Å². The number of sulfonamides is 1. The predicted molar refractivity (Wildman–Crippen MR) is 183 cm³/mol. The van der Waals surface area contributed by atoms with Crippen LogP contribution in [0.3, 0.4) is 0 Å². The molecule has 0 saturated heterocycles. The molecule has 0 unspecified atom stereocenters. The number of ether oxygens (including phenoxy) is 1. The summed E-state index contributed by atoms with van der Waals surface area (Å²) in [6.45, 7) is 3.79. The van der Waals surface area contributed by atoms with Crippen LogP contribution in [0.4, 0.5) is 5.69 Å². The van der Waals surface area contributed by atoms with E-state index in [0.717, 1.165) is 33.8 Å². The molecule has 4 rings (SSSR count). The molecule has 0 fully saturated rings. The molecular weight excluding hydrogens is 622 g/mol. The van der Waals surface area contributed by atoms with E-state index in [9.17, 15) is 18.0 Å². The quantitative estimate of drug-likeness (QED) is 0.149. The van der Waals surface area contributed by atoms with Crippen molar-refractivity contribution in [3.63, 3.8) is 0 Å². The van der Waals surface area contributed by atoms with E-state index >= 15 is 0 Å².